The Balaban J connectivity index is 1.18. The van der Waals surface area contributed by atoms with E-state index >= 15 is 0 Å². The van der Waals surface area contributed by atoms with Gasteiger partial charge in [-0.3, -0.25) is 14.6 Å². The van der Waals surface area contributed by atoms with Crippen molar-refractivity contribution in [3.05, 3.63) is 47.0 Å². The maximum absolute atomic E-state index is 12.6. The van der Waals surface area contributed by atoms with Crippen molar-refractivity contribution in [2.75, 3.05) is 51.6 Å². The molecule has 0 spiro atoms. The van der Waals surface area contributed by atoms with Gasteiger partial charge in [0.1, 0.15) is 0 Å². The maximum atomic E-state index is 12.6. The van der Waals surface area contributed by atoms with E-state index in [1.165, 1.54) is 16.9 Å². The van der Waals surface area contributed by atoms with Gasteiger partial charge in [0.15, 0.2) is 10.0 Å². The second-order valence-electron chi connectivity index (χ2n) is 9.18. The Morgan fingerprint density at radius 3 is 2.71 bits per heavy atom. The van der Waals surface area contributed by atoms with Gasteiger partial charge < -0.3 is 9.64 Å². The van der Waals surface area contributed by atoms with E-state index in [0.29, 0.717) is 24.8 Å². The standard InChI is InChI=1S/C26H36N4O3S2/c1-2-3-16-33-25(32)23-20-35-26(27-23)34-17-15-30-22(9-10-24(30)31)19-29-13-11-28(12-14-29)18-21-7-5-4-6-8-21/h4-8,20,22H,2-3,9-19H2,1H3. The summed E-state index contributed by atoms with van der Waals surface area (Å²) in [5, 5.41) is 1.76. The fraction of sp³-hybridized carbons (Fsp3) is 0.577. The number of nitrogens with zero attached hydrogens (tertiary/aromatic N) is 4. The Labute approximate surface area is 216 Å². The highest BCUT2D eigenvalue weighted by Crippen LogP contribution is 2.26. The number of esters is 1. The minimum absolute atomic E-state index is 0.262. The number of rotatable bonds is 12. The molecule has 2 aromatic rings. The number of amides is 1. The average Bonchev–Trinajstić information content (AvgIpc) is 3.48. The summed E-state index contributed by atoms with van der Waals surface area (Å²) in [6.45, 7) is 9.43. The summed E-state index contributed by atoms with van der Waals surface area (Å²) in [6.07, 6.45) is 3.45. The number of thiazole rings is 1. The molecule has 4 rings (SSSR count). The second kappa shape index (κ2) is 13.4. The van der Waals surface area contributed by atoms with Crippen molar-refractivity contribution in [2.45, 2.75) is 49.5 Å². The number of thioether (sulfide) groups is 1. The monoisotopic (exact) mass is 516 g/mol. The van der Waals surface area contributed by atoms with Crippen LogP contribution in [-0.2, 0) is 16.1 Å². The van der Waals surface area contributed by atoms with Crippen LogP contribution >= 0.6 is 23.1 Å². The predicted molar refractivity (Wildman–Crippen MR) is 141 cm³/mol. The zero-order chi connectivity index (χ0) is 24.5. The van der Waals surface area contributed by atoms with Crippen LogP contribution in [0.4, 0.5) is 0 Å². The van der Waals surface area contributed by atoms with Crippen molar-refractivity contribution in [3.8, 4) is 0 Å². The second-order valence-corrected chi connectivity index (χ2v) is 11.4. The number of hydrogen-bond donors (Lipinski definition) is 0. The summed E-state index contributed by atoms with van der Waals surface area (Å²) >= 11 is 3.08. The summed E-state index contributed by atoms with van der Waals surface area (Å²) in [4.78, 5) is 36.1. The molecule has 1 aromatic carbocycles. The van der Waals surface area contributed by atoms with E-state index in [0.717, 1.165) is 75.2 Å². The third kappa shape index (κ3) is 7.77. The molecule has 1 amide bonds. The molecule has 9 heteroatoms. The molecule has 2 aliphatic heterocycles. The zero-order valence-corrected chi connectivity index (χ0v) is 22.2. The minimum atomic E-state index is -0.347. The van der Waals surface area contributed by atoms with Crippen molar-refractivity contribution in [1.82, 2.24) is 19.7 Å². The molecule has 1 atom stereocenters. The van der Waals surface area contributed by atoms with E-state index in [2.05, 4.69) is 56.9 Å². The Kier molecular flexibility index (Phi) is 10.00. The third-order valence-electron chi connectivity index (χ3n) is 6.62. The summed E-state index contributed by atoms with van der Waals surface area (Å²) in [5.74, 6) is 0.697. The first kappa shape index (κ1) is 26.1. The number of hydrogen-bond acceptors (Lipinski definition) is 8. The van der Waals surface area contributed by atoms with Crippen molar-refractivity contribution in [3.63, 3.8) is 0 Å². The van der Waals surface area contributed by atoms with Gasteiger partial charge in [-0.2, -0.15) is 0 Å². The first-order valence-electron chi connectivity index (χ1n) is 12.7. The zero-order valence-electron chi connectivity index (χ0n) is 20.6. The molecule has 1 aromatic heterocycles. The van der Waals surface area contributed by atoms with Crippen LogP contribution in [0.3, 0.4) is 0 Å². The molecule has 0 radical (unpaired) electrons. The number of carbonyl (C=O) groups excluding carboxylic acids is 2. The van der Waals surface area contributed by atoms with Crippen molar-refractivity contribution in [2.24, 2.45) is 0 Å². The van der Waals surface area contributed by atoms with Gasteiger partial charge in [-0.25, -0.2) is 9.78 Å². The molecular weight excluding hydrogens is 480 g/mol. The molecule has 1 unspecified atom stereocenters. The lowest BCUT2D eigenvalue weighted by molar-refractivity contribution is -0.128. The lowest BCUT2D eigenvalue weighted by atomic mass is 10.1. The highest BCUT2D eigenvalue weighted by Gasteiger charge is 2.32. The summed E-state index contributed by atoms with van der Waals surface area (Å²) in [6, 6.07) is 11.0. The normalized spacial score (nSPS) is 19.4. The first-order valence-corrected chi connectivity index (χ1v) is 14.5. The summed E-state index contributed by atoms with van der Waals surface area (Å²) in [5.41, 5.74) is 1.75. The number of likely N-dealkylation sites (tertiary alicyclic amines) is 1. The molecule has 190 valence electrons. The van der Waals surface area contributed by atoms with Crippen LogP contribution in [0.1, 0.15) is 48.7 Å². The number of ether oxygens (including phenoxy) is 1. The van der Waals surface area contributed by atoms with E-state index in [1.807, 2.05) is 0 Å². The topological polar surface area (TPSA) is 66.0 Å². The van der Waals surface area contributed by atoms with Gasteiger partial charge in [0.2, 0.25) is 5.91 Å². The lowest BCUT2D eigenvalue weighted by Crippen LogP contribution is -2.50. The van der Waals surface area contributed by atoms with Gasteiger partial charge in [0.05, 0.1) is 6.61 Å². The molecule has 35 heavy (non-hydrogen) atoms. The van der Waals surface area contributed by atoms with Crippen LogP contribution in [0.15, 0.2) is 40.1 Å². The van der Waals surface area contributed by atoms with Crippen LogP contribution in [-0.4, -0.2) is 89.2 Å². The Hall–Kier alpha value is -1.94. The van der Waals surface area contributed by atoms with E-state index in [-0.39, 0.29) is 11.9 Å². The number of unbranched alkanes of at least 4 members (excludes halogenated alkanes) is 1. The van der Waals surface area contributed by atoms with Crippen molar-refractivity contribution < 1.29 is 14.3 Å². The molecule has 0 saturated carbocycles. The fourth-order valence-electron chi connectivity index (χ4n) is 4.59. The van der Waals surface area contributed by atoms with Gasteiger partial charge >= 0.3 is 5.97 Å². The van der Waals surface area contributed by atoms with Crippen LogP contribution in [0.25, 0.3) is 0 Å². The van der Waals surface area contributed by atoms with E-state index < -0.39 is 0 Å². The van der Waals surface area contributed by atoms with E-state index in [4.69, 9.17) is 4.74 Å². The largest absolute Gasteiger partial charge is 0.461 e. The number of carbonyl (C=O) groups is 2. The van der Waals surface area contributed by atoms with Gasteiger partial charge in [-0.1, -0.05) is 55.4 Å². The molecule has 7 nitrogen and oxygen atoms in total. The molecule has 0 bridgehead atoms. The van der Waals surface area contributed by atoms with Gasteiger partial charge in [0.25, 0.3) is 0 Å². The molecule has 2 saturated heterocycles. The summed E-state index contributed by atoms with van der Waals surface area (Å²) in [7, 11) is 0. The molecule has 0 N–H and O–H groups in total. The predicted octanol–water partition coefficient (Wildman–Crippen LogP) is 4.00. The SMILES string of the molecule is CCCCOC(=O)c1csc(SCCN2C(=O)CCC2CN2CCN(Cc3ccccc3)CC2)n1. The number of benzene rings is 1. The van der Waals surface area contributed by atoms with Gasteiger partial charge in [-0.15, -0.1) is 11.3 Å². The minimum Gasteiger partial charge on any atom is -0.461 e. The molecule has 0 aliphatic carbocycles. The number of aromatic nitrogens is 1. The molecule has 2 fully saturated rings. The van der Waals surface area contributed by atoms with Crippen LogP contribution in [0.2, 0.25) is 0 Å². The highest BCUT2D eigenvalue weighted by atomic mass is 32.2. The quantitative estimate of drug-likeness (QED) is 0.240. The van der Waals surface area contributed by atoms with Crippen LogP contribution in [0.5, 0.6) is 0 Å². The molecular formula is C26H36N4O3S2. The fourth-order valence-corrected chi connectivity index (χ4v) is 6.40. The smallest absolute Gasteiger partial charge is 0.357 e. The summed E-state index contributed by atoms with van der Waals surface area (Å²) < 4.78 is 6.09. The van der Waals surface area contributed by atoms with E-state index in [9.17, 15) is 9.59 Å². The first-order chi connectivity index (χ1) is 17.1. The Morgan fingerprint density at radius 1 is 1.17 bits per heavy atom. The number of piperazine rings is 1. The Morgan fingerprint density at radius 2 is 1.94 bits per heavy atom. The van der Waals surface area contributed by atoms with Crippen molar-refractivity contribution in [1.29, 1.82) is 0 Å². The lowest BCUT2D eigenvalue weighted by Gasteiger charge is -2.37. The molecule has 3 heterocycles. The average molecular weight is 517 g/mol. The Bertz CT molecular complexity index is 947. The van der Waals surface area contributed by atoms with Gasteiger partial charge in [0, 0.05) is 69.4 Å². The molecule has 2 aliphatic rings. The van der Waals surface area contributed by atoms with Crippen LogP contribution in [0, 0.1) is 0 Å². The van der Waals surface area contributed by atoms with Crippen molar-refractivity contribution >= 4 is 35.0 Å². The van der Waals surface area contributed by atoms with E-state index in [1.54, 1.807) is 17.1 Å². The third-order valence-corrected chi connectivity index (χ3v) is 8.62. The maximum Gasteiger partial charge on any atom is 0.357 e. The van der Waals surface area contributed by atoms with Gasteiger partial charge in [-0.05, 0) is 18.4 Å². The van der Waals surface area contributed by atoms with Crippen LogP contribution < -0.4 is 0 Å². The highest BCUT2D eigenvalue weighted by molar-refractivity contribution is 8.01.